The molecule has 0 radical (unpaired) electrons. The van der Waals surface area contributed by atoms with Crippen LogP contribution < -0.4 is 4.74 Å². The Bertz CT molecular complexity index is 591. The number of carbonyl (C=O) groups excluding carboxylic acids is 1. The Hall–Kier alpha value is -2.00. The number of Topliss-reactive ketones (excluding diaryl/α,β-unsaturated/α-hetero) is 1. The number of hydrogen-bond acceptors (Lipinski definition) is 3. The molecule has 3 nitrogen and oxygen atoms in total. The molecule has 0 saturated carbocycles. The van der Waals surface area contributed by atoms with Crippen molar-refractivity contribution in [2.75, 3.05) is 7.11 Å². The fourth-order valence-electron chi connectivity index (χ4n) is 1.74. The van der Waals surface area contributed by atoms with Gasteiger partial charge in [-0.2, -0.15) is 0 Å². The molecule has 0 fully saturated rings. The van der Waals surface area contributed by atoms with E-state index < -0.39 is 0 Å². The standard InChI is InChI=1S/C15H13ClO3/c1-19-15-9-11(4-7-13(15)17)14(18)8-10-2-5-12(16)6-3-10/h2-7,9,17H,8H2,1H3. The van der Waals surface area contributed by atoms with Gasteiger partial charge in [0.15, 0.2) is 17.3 Å². The van der Waals surface area contributed by atoms with Gasteiger partial charge in [0.25, 0.3) is 0 Å². The minimum atomic E-state index is -0.0411. The molecule has 1 N–H and O–H groups in total. The van der Waals surface area contributed by atoms with Gasteiger partial charge in [-0.3, -0.25) is 4.79 Å². The maximum Gasteiger partial charge on any atom is 0.167 e. The zero-order chi connectivity index (χ0) is 13.8. The number of aromatic hydroxyl groups is 1. The van der Waals surface area contributed by atoms with Crippen LogP contribution in [0.25, 0.3) is 0 Å². The van der Waals surface area contributed by atoms with E-state index in [-0.39, 0.29) is 18.0 Å². The lowest BCUT2D eigenvalue weighted by atomic mass is 10.0. The molecule has 2 aromatic carbocycles. The number of ketones is 1. The number of hydrogen-bond donors (Lipinski definition) is 1. The van der Waals surface area contributed by atoms with Crippen molar-refractivity contribution in [3.05, 3.63) is 58.6 Å². The summed E-state index contributed by atoms with van der Waals surface area (Å²) in [6.45, 7) is 0. The SMILES string of the molecule is COc1cc(C(=O)Cc2ccc(Cl)cc2)ccc1O. The first-order chi connectivity index (χ1) is 9.10. The van der Waals surface area contributed by atoms with E-state index >= 15 is 0 Å². The molecule has 2 rings (SSSR count). The number of phenols is 1. The molecule has 0 bridgehead atoms. The smallest absolute Gasteiger partial charge is 0.167 e. The predicted octanol–water partition coefficient (Wildman–Crippen LogP) is 3.48. The first kappa shape index (κ1) is 13.4. The van der Waals surface area contributed by atoms with E-state index in [1.54, 1.807) is 18.2 Å². The summed E-state index contributed by atoms with van der Waals surface area (Å²) in [6.07, 6.45) is 0.283. The van der Waals surface area contributed by atoms with Crippen LogP contribution >= 0.6 is 11.6 Å². The molecule has 0 unspecified atom stereocenters. The fraction of sp³-hybridized carbons (Fsp3) is 0.133. The number of benzene rings is 2. The van der Waals surface area contributed by atoms with Crippen molar-refractivity contribution < 1.29 is 14.6 Å². The second kappa shape index (κ2) is 5.76. The summed E-state index contributed by atoms with van der Waals surface area (Å²) in [6, 6.07) is 11.7. The molecule has 4 heteroatoms. The molecule has 98 valence electrons. The predicted molar refractivity (Wildman–Crippen MR) is 74.1 cm³/mol. The van der Waals surface area contributed by atoms with Crippen molar-refractivity contribution in [1.29, 1.82) is 0 Å². The van der Waals surface area contributed by atoms with Crippen LogP contribution in [0.4, 0.5) is 0 Å². The van der Waals surface area contributed by atoms with Crippen LogP contribution in [0.3, 0.4) is 0 Å². The Labute approximate surface area is 116 Å². The fourth-order valence-corrected chi connectivity index (χ4v) is 1.87. The minimum Gasteiger partial charge on any atom is -0.504 e. The highest BCUT2D eigenvalue weighted by atomic mass is 35.5. The Balaban J connectivity index is 2.18. The third-order valence-electron chi connectivity index (χ3n) is 2.78. The number of methoxy groups -OCH3 is 1. The van der Waals surface area contributed by atoms with Gasteiger partial charge >= 0.3 is 0 Å². The Kier molecular flexibility index (Phi) is 4.07. The second-order valence-corrected chi connectivity index (χ2v) is 4.55. The number of ether oxygens (including phenoxy) is 1. The molecule has 0 amide bonds. The van der Waals surface area contributed by atoms with Crippen LogP contribution in [0.1, 0.15) is 15.9 Å². The lowest BCUT2D eigenvalue weighted by Crippen LogP contribution is -2.03. The van der Waals surface area contributed by atoms with E-state index in [0.717, 1.165) is 5.56 Å². The quantitative estimate of drug-likeness (QED) is 0.870. The summed E-state index contributed by atoms with van der Waals surface area (Å²) < 4.78 is 4.98. The van der Waals surface area contributed by atoms with Gasteiger partial charge in [-0.25, -0.2) is 0 Å². The van der Waals surface area contributed by atoms with Gasteiger partial charge in [0.2, 0.25) is 0 Å². The molecule has 0 saturated heterocycles. The zero-order valence-electron chi connectivity index (χ0n) is 10.4. The summed E-state index contributed by atoms with van der Waals surface area (Å²) in [7, 11) is 1.45. The molecular formula is C15H13ClO3. The topological polar surface area (TPSA) is 46.5 Å². The lowest BCUT2D eigenvalue weighted by Gasteiger charge is -2.06. The number of rotatable bonds is 4. The minimum absolute atomic E-state index is 0.0190. The van der Waals surface area contributed by atoms with Gasteiger partial charge in [0.05, 0.1) is 7.11 Å². The molecule has 0 aliphatic carbocycles. The van der Waals surface area contributed by atoms with E-state index in [4.69, 9.17) is 16.3 Å². The van der Waals surface area contributed by atoms with E-state index in [1.165, 1.54) is 19.2 Å². The monoisotopic (exact) mass is 276 g/mol. The molecular weight excluding hydrogens is 264 g/mol. The highest BCUT2D eigenvalue weighted by Crippen LogP contribution is 2.26. The summed E-state index contributed by atoms with van der Waals surface area (Å²) in [5.41, 5.74) is 1.39. The maximum absolute atomic E-state index is 12.1. The molecule has 0 spiro atoms. The van der Waals surface area contributed by atoms with E-state index in [1.807, 2.05) is 12.1 Å². The van der Waals surface area contributed by atoms with Crippen LogP contribution in [0.5, 0.6) is 11.5 Å². The van der Waals surface area contributed by atoms with Crippen LogP contribution in [0.15, 0.2) is 42.5 Å². The van der Waals surface area contributed by atoms with Gasteiger partial charge in [0, 0.05) is 17.0 Å². The van der Waals surface area contributed by atoms with Gasteiger partial charge in [0.1, 0.15) is 0 Å². The zero-order valence-corrected chi connectivity index (χ0v) is 11.1. The van der Waals surface area contributed by atoms with Crippen molar-refractivity contribution in [2.24, 2.45) is 0 Å². The lowest BCUT2D eigenvalue weighted by molar-refractivity contribution is 0.0992. The average molecular weight is 277 g/mol. The highest BCUT2D eigenvalue weighted by molar-refractivity contribution is 6.30. The molecule has 0 atom stereocenters. The molecule has 0 aliphatic rings. The Morgan fingerprint density at radius 3 is 2.53 bits per heavy atom. The third kappa shape index (κ3) is 3.26. The van der Waals surface area contributed by atoms with E-state index in [2.05, 4.69) is 0 Å². The first-order valence-electron chi connectivity index (χ1n) is 5.75. The maximum atomic E-state index is 12.1. The van der Waals surface area contributed by atoms with Crippen molar-refractivity contribution in [3.63, 3.8) is 0 Å². The third-order valence-corrected chi connectivity index (χ3v) is 3.03. The molecule has 2 aromatic rings. The van der Waals surface area contributed by atoms with Crippen LogP contribution in [-0.2, 0) is 6.42 Å². The van der Waals surface area contributed by atoms with Crippen molar-refractivity contribution in [2.45, 2.75) is 6.42 Å². The normalized spacial score (nSPS) is 10.2. The summed E-state index contributed by atoms with van der Waals surface area (Å²) >= 11 is 5.79. The van der Waals surface area contributed by atoms with Gasteiger partial charge in [-0.15, -0.1) is 0 Å². The summed E-state index contributed by atoms with van der Waals surface area (Å²) in [5, 5.41) is 10.1. The molecule has 0 aromatic heterocycles. The van der Waals surface area contributed by atoms with Crippen molar-refractivity contribution >= 4 is 17.4 Å². The van der Waals surface area contributed by atoms with Gasteiger partial charge in [-0.05, 0) is 35.9 Å². The van der Waals surface area contributed by atoms with Crippen LogP contribution in [0.2, 0.25) is 5.02 Å². The Morgan fingerprint density at radius 2 is 1.89 bits per heavy atom. The molecule has 0 heterocycles. The van der Waals surface area contributed by atoms with Crippen molar-refractivity contribution in [1.82, 2.24) is 0 Å². The van der Waals surface area contributed by atoms with Gasteiger partial charge < -0.3 is 9.84 Å². The molecule has 0 aliphatic heterocycles. The average Bonchev–Trinajstić information content (AvgIpc) is 2.42. The number of halogens is 1. The second-order valence-electron chi connectivity index (χ2n) is 4.11. The van der Waals surface area contributed by atoms with Crippen LogP contribution in [0, 0.1) is 0 Å². The van der Waals surface area contributed by atoms with E-state index in [9.17, 15) is 9.90 Å². The van der Waals surface area contributed by atoms with Gasteiger partial charge in [-0.1, -0.05) is 23.7 Å². The van der Waals surface area contributed by atoms with Crippen LogP contribution in [-0.4, -0.2) is 18.0 Å². The first-order valence-corrected chi connectivity index (χ1v) is 6.12. The van der Waals surface area contributed by atoms with E-state index in [0.29, 0.717) is 16.3 Å². The molecule has 19 heavy (non-hydrogen) atoms. The van der Waals surface area contributed by atoms with Crippen molar-refractivity contribution in [3.8, 4) is 11.5 Å². The largest absolute Gasteiger partial charge is 0.504 e. The summed E-state index contributed by atoms with van der Waals surface area (Å²) in [5.74, 6) is 0.271. The Morgan fingerprint density at radius 1 is 1.21 bits per heavy atom. The number of phenolic OH excluding ortho intramolecular Hbond substituents is 1. The summed E-state index contributed by atoms with van der Waals surface area (Å²) in [4.78, 5) is 12.1. The highest BCUT2D eigenvalue weighted by Gasteiger charge is 2.10. The number of carbonyl (C=O) groups is 1.